The third-order valence-electron chi connectivity index (χ3n) is 4.30. The van der Waals surface area contributed by atoms with Crippen LogP contribution in [-0.2, 0) is 6.54 Å². The van der Waals surface area contributed by atoms with Crippen molar-refractivity contribution in [1.82, 2.24) is 24.5 Å². The number of anilines is 2. The van der Waals surface area contributed by atoms with Gasteiger partial charge in [-0.3, -0.25) is 4.90 Å². The number of hydrogen-bond acceptors (Lipinski definition) is 7. The molecule has 0 bridgehead atoms. The quantitative estimate of drug-likeness (QED) is 0.733. The van der Waals surface area contributed by atoms with Crippen LogP contribution in [0.5, 0.6) is 5.75 Å². The van der Waals surface area contributed by atoms with Crippen molar-refractivity contribution < 1.29 is 5.11 Å². The first-order valence-corrected chi connectivity index (χ1v) is 7.90. The number of phenolic OH excluding ortho intramolecular Hbond substituents is 1. The monoisotopic (exact) mass is 325 g/mol. The summed E-state index contributed by atoms with van der Waals surface area (Å²) in [5.74, 6) is 2.21. The second-order valence-electron chi connectivity index (χ2n) is 5.94. The van der Waals surface area contributed by atoms with Crippen molar-refractivity contribution in [2.45, 2.75) is 6.54 Å². The number of benzene rings is 1. The molecule has 124 valence electrons. The summed E-state index contributed by atoms with van der Waals surface area (Å²) in [5, 5.41) is 13.4. The van der Waals surface area contributed by atoms with Gasteiger partial charge in [-0.2, -0.15) is 19.6 Å². The minimum atomic E-state index is 0.302. The molecule has 3 heterocycles. The maximum atomic E-state index is 9.36. The van der Waals surface area contributed by atoms with Crippen LogP contribution in [0, 0.1) is 0 Å². The molecule has 0 unspecified atom stereocenters. The second kappa shape index (κ2) is 5.97. The molecular weight excluding hydrogens is 306 g/mol. The Balaban J connectivity index is 1.42. The number of nitrogens with two attached hydrogens (primary N) is 1. The fourth-order valence-electron chi connectivity index (χ4n) is 2.98. The second-order valence-corrected chi connectivity index (χ2v) is 5.94. The number of aromatic hydroxyl groups is 1. The Morgan fingerprint density at radius 3 is 2.58 bits per heavy atom. The van der Waals surface area contributed by atoms with E-state index in [-0.39, 0.29) is 0 Å². The van der Waals surface area contributed by atoms with Gasteiger partial charge in [0.25, 0.3) is 5.78 Å². The van der Waals surface area contributed by atoms with E-state index in [4.69, 9.17) is 5.73 Å². The van der Waals surface area contributed by atoms with Gasteiger partial charge >= 0.3 is 0 Å². The van der Waals surface area contributed by atoms with Gasteiger partial charge in [0.1, 0.15) is 23.7 Å². The van der Waals surface area contributed by atoms with Crippen LogP contribution in [-0.4, -0.2) is 55.8 Å². The van der Waals surface area contributed by atoms with Gasteiger partial charge in [0.05, 0.1) is 0 Å². The summed E-state index contributed by atoms with van der Waals surface area (Å²) >= 11 is 0. The molecule has 1 aliphatic rings. The topological polar surface area (TPSA) is 95.8 Å². The number of rotatable bonds is 3. The SMILES string of the molecule is Nc1cc(N2CCN(Cc3ccc(O)cc3)CC2)nc2ncnn12. The zero-order chi connectivity index (χ0) is 16.5. The lowest BCUT2D eigenvalue weighted by Gasteiger charge is -2.35. The maximum Gasteiger partial charge on any atom is 0.256 e. The molecule has 1 saturated heterocycles. The van der Waals surface area contributed by atoms with E-state index in [1.807, 2.05) is 18.2 Å². The maximum absolute atomic E-state index is 9.36. The summed E-state index contributed by atoms with van der Waals surface area (Å²) < 4.78 is 1.53. The standard InChI is InChI=1S/C16H19N7O/c17-14-9-15(20-16-18-11-19-23(14)16)22-7-5-21(6-8-22)10-12-1-3-13(24)4-2-12/h1-4,9,11,24H,5-8,10,17H2. The first-order chi connectivity index (χ1) is 11.7. The Kier molecular flexibility index (Phi) is 3.66. The molecule has 8 heteroatoms. The van der Waals surface area contributed by atoms with Crippen LogP contribution in [0.25, 0.3) is 5.78 Å². The Morgan fingerprint density at radius 2 is 1.83 bits per heavy atom. The van der Waals surface area contributed by atoms with Crippen molar-refractivity contribution >= 4 is 17.4 Å². The van der Waals surface area contributed by atoms with Gasteiger partial charge in [0.2, 0.25) is 0 Å². The van der Waals surface area contributed by atoms with Crippen LogP contribution < -0.4 is 10.6 Å². The predicted molar refractivity (Wildman–Crippen MR) is 90.8 cm³/mol. The first-order valence-electron chi connectivity index (χ1n) is 7.90. The van der Waals surface area contributed by atoms with E-state index >= 15 is 0 Å². The molecule has 4 rings (SSSR count). The van der Waals surface area contributed by atoms with Crippen molar-refractivity contribution in [1.29, 1.82) is 0 Å². The molecule has 1 fully saturated rings. The average Bonchev–Trinajstić information content (AvgIpc) is 3.07. The van der Waals surface area contributed by atoms with E-state index in [0.29, 0.717) is 17.3 Å². The summed E-state index contributed by atoms with van der Waals surface area (Å²) in [6.45, 7) is 4.54. The highest BCUT2D eigenvalue weighted by molar-refractivity contribution is 5.53. The van der Waals surface area contributed by atoms with Crippen LogP contribution in [0.15, 0.2) is 36.7 Å². The minimum absolute atomic E-state index is 0.302. The predicted octanol–water partition coefficient (Wildman–Crippen LogP) is 0.734. The zero-order valence-electron chi connectivity index (χ0n) is 13.2. The van der Waals surface area contributed by atoms with Crippen molar-refractivity contribution in [3.8, 4) is 5.75 Å². The van der Waals surface area contributed by atoms with Crippen molar-refractivity contribution in [2.75, 3.05) is 36.8 Å². The lowest BCUT2D eigenvalue weighted by Crippen LogP contribution is -2.46. The molecule has 0 radical (unpaired) electrons. The van der Waals surface area contributed by atoms with E-state index in [0.717, 1.165) is 38.5 Å². The third kappa shape index (κ3) is 2.83. The fraction of sp³-hybridized carbons (Fsp3) is 0.312. The Hall–Kier alpha value is -2.87. The summed E-state index contributed by atoms with van der Waals surface area (Å²) in [6, 6.07) is 9.22. The van der Waals surface area contributed by atoms with E-state index in [1.165, 1.54) is 16.4 Å². The lowest BCUT2D eigenvalue weighted by atomic mass is 10.2. The largest absolute Gasteiger partial charge is 0.508 e. The number of fused-ring (bicyclic) bond motifs is 1. The molecule has 0 amide bonds. The molecule has 0 spiro atoms. The molecule has 3 N–H and O–H groups in total. The van der Waals surface area contributed by atoms with Crippen molar-refractivity contribution in [2.24, 2.45) is 0 Å². The summed E-state index contributed by atoms with van der Waals surface area (Å²) in [4.78, 5) is 13.3. The molecule has 1 aromatic carbocycles. The Morgan fingerprint density at radius 1 is 1.08 bits per heavy atom. The van der Waals surface area contributed by atoms with Gasteiger partial charge in [-0.05, 0) is 17.7 Å². The molecule has 2 aromatic heterocycles. The van der Waals surface area contributed by atoms with Gasteiger partial charge in [-0.15, -0.1) is 0 Å². The van der Waals surface area contributed by atoms with Crippen LogP contribution in [0.4, 0.5) is 11.6 Å². The van der Waals surface area contributed by atoms with E-state index in [9.17, 15) is 5.11 Å². The van der Waals surface area contributed by atoms with Crippen LogP contribution in [0.1, 0.15) is 5.56 Å². The van der Waals surface area contributed by atoms with Gasteiger partial charge < -0.3 is 15.7 Å². The van der Waals surface area contributed by atoms with Crippen LogP contribution in [0.2, 0.25) is 0 Å². The third-order valence-corrected chi connectivity index (χ3v) is 4.30. The molecule has 3 aromatic rings. The molecule has 0 aliphatic carbocycles. The molecule has 1 aliphatic heterocycles. The Bertz CT molecular complexity index is 837. The average molecular weight is 325 g/mol. The molecular formula is C16H19N7O. The van der Waals surface area contributed by atoms with Crippen LogP contribution >= 0.6 is 0 Å². The smallest absolute Gasteiger partial charge is 0.256 e. The molecule has 8 nitrogen and oxygen atoms in total. The first kappa shape index (κ1) is 14.7. The summed E-state index contributed by atoms with van der Waals surface area (Å²) in [5.41, 5.74) is 7.22. The molecule has 0 saturated carbocycles. The number of nitrogens with zero attached hydrogens (tertiary/aromatic N) is 6. The molecule has 24 heavy (non-hydrogen) atoms. The van der Waals surface area contributed by atoms with Gasteiger partial charge in [0.15, 0.2) is 0 Å². The number of nitrogen functional groups attached to an aromatic ring is 1. The molecule has 0 atom stereocenters. The number of piperazine rings is 1. The summed E-state index contributed by atoms with van der Waals surface area (Å²) in [7, 11) is 0. The number of aromatic nitrogens is 4. The van der Waals surface area contributed by atoms with Gasteiger partial charge in [-0.1, -0.05) is 12.1 Å². The van der Waals surface area contributed by atoms with Gasteiger partial charge in [0, 0.05) is 38.8 Å². The van der Waals surface area contributed by atoms with E-state index in [1.54, 1.807) is 12.1 Å². The normalized spacial score (nSPS) is 15.9. The highest BCUT2D eigenvalue weighted by atomic mass is 16.3. The zero-order valence-corrected chi connectivity index (χ0v) is 13.2. The number of phenols is 1. The Labute approximate surface area is 139 Å². The van der Waals surface area contributed by atoms with Crippen molar-refractivity contribution in [3.63, 3.8) is 0 Å². The van der Waals surface area contributed by atoms with E-state index in [2.05, 4.69) is 24.9 Å². The highest BCUT2D eigenvalue weighted by Crippen LogP contribution is 2.19. The highest BCUT2D eigenvalue weighted by Gasteiger charge is 2.19. The lowest BCUT2D eigenvalue weighted by molar-refractivity contribution is 0.249. The van der Waals surface area contributed by atoms with Crippen molar-refractivity contribution in [3.05, 3.63) is 42.2 Å². The number of hydrogen-bond donors (Lipinski definition) is 2. The van der Waals surface area contributed by atoms with E-state index < -0.39 is 0 Å². The fourth-order valence-corrected chi connectivity index (χ4v) is 2.98. The van der Waals surface area contributed by atoms with Gasteiger partial charge in [-0.25, -0.2) is 0 Å². The van der Waals surface area contributed by atoms with Crippen LogP contribution in [0.3, 0.4) is 0 Å². The minimum Gasteiger partial charge on any atom is -0.508 e. The summed E-state index contributed by atoms with van der Waals surface area (Å²) in [6.07, 6.45) is 1.46.